The van der Waals surface area contributed by atoms with Crippen LogP contribution in [-0.4, -0.2) is 30.6 Å². The summed E-state index contributed by atoms with van der Waals surface area (Å²) in [4.78, 5) is 14.4. The highest BCUT2D eigenvalue weighted by molar-refractivity contribution is 5.74. The molecule has 2 aromatic carbocycles. The fourth-order valence-electron chi connectivity index (χ4n) is 2.68. The van der Waals surface area contributed by atoms with Gasteiger partial charge >= 0.3 is 6.03 Å². The monoisotopic (exact) mass is 338 g/mol. The lowest BCUT2D eigenvalue weighted by Gasteiger charge is -2.24. The molecule has 0 aliphatic carbocycles. The van der Waals surface area contributed by atoms with E-state index in [1.165, 1.54) is 0 Å². The lowest BCUT2D eigenvalue weighted by molar-refractivity contribution is 0.197. The summed E-state index contributed by atoms with van der Waals surface area (Å²) in [5, 5.41) is 3.07. The minimum Gasteiger partial charge on any atom is -0.497 e. The minimum atomic E-state index is -0.0841. The van der Waals surface area contributed by atoms with Gasteiger partial charge < -0.3 is 15.0 Å². The molecule has 0 fully saturated rings. The Morgan fingerprint density at radius 3 is 2.60 bits per heavy atom. The van der Waals surface area contributed by atoms with Crippen LogP contribution in [0.15, 0.2) is 67.3 Å². The van der Waals surface area contributed by atoms with Crippen LogP contribution < -0.4 is 10.1 Å². The lowest BCUT2D eigenvalue weighted by atomic mass is 10.1. The van der Waals surface area contributed by atoms with Crippen molar-refractivity contribution in [1.29, 1.82) is 0 Å². The van der Waals surface area contributed by atoms with E-state index in [4.69, 9.17) is 4.74 Å². The van der Waals surface area contributed by atoms with Gasteiger partial charge in [0.05, 0.1) is 7.11 Å². The molecule has 0 saturated carbocycles. The summed E-state index contributed by atoms with van der Waals surface area (Å²) < 4.78 is 5.25. The SMILES string of the molecule is C=CCN(Cc1ccccc1)C(=O)NC(C)Cc1cccc(OC)c1. The number of nitrogens with zero attached hydrogens (tertiary/aromatic N) is 1. The molecule has 2 rings (SSSR count). The van der Waals surface area contributed by atoms with Gasteiger partial charge in [0, 0.05) is 19.1 Å². The molecule has 0 aromatic heterocycles. The van der Waals surface area contributed by atoms with Gasteiger partial charge in [-0.3, -0.25) is 0 Å². The molecule has 2 amide bonds. The smallest absolute Gasteiger partial charge is 0.318 e. The molecule has 0 spiro atoms. The van der Waals surface area contributed by atoms with Crippen molar-refractivity contribution in [3.05, 3.63) is 78.4 Å². The van der Waals surface area contributed by atoms with E-state index >= 15 is 0 Å². The van der Waals surface area contributed by atoms with E-state index in [-0.39, 0.29) is 12.1 Å². The van der Waals surface area contributed by atoms with Crippen molar-refractivity contribution in [2.24, 2.45) is 0 Å². The number of rotatable bonds is 8. The number of carbonyl (C=O) groups excluding carboxylic acids is 1. The molecule has 0 saturated heterocycles. The second kappa shape index (κ2) is 9.52. The van der Waals surface area contributed by atoms with Crippen molar-refractivity contribution >= 4 is 6.03 Å². The number of hydrogen-bond donors (Lipinski definition) is 1. The van der Waals surface area contributed by atoms with Crippen LogP contribution in [0.1, 0.15) is 18.1 Å². The fraction of sp³-hybridized carbons (Fsp3) is 0.286. The predicted octanol–water partition coefficient (Wildman–Crippen LogP) is 4.02. The molecule has 1 atom stereocenters. The molecule has 2 aromatic rings. The van der Waals surface area contributed by atoms with E-state index in [9.17, 15) is 4.79 Å². The van der Waals surface area contributed by atoms with Crippen LogP contribution in [0.25, 0.3) is 0 Å². The van der Waals surface area contributed by atoms with Crippen molar-refractivity contribution in [2.75, 3.05) is 13.7 Å². The first-order valence-corrected chi connectivity index (χ1v) is 8.45. The Morgan fingerprint density at radius 1 is 1.20 bits per heavy atom. The number of amides is 2. The van der Waals surface area contributed by atoms with Gasteiger partial charge in [-0.15, -0.1) is 6.58 Å². The predicted molar refractivity (Wildman–Crippen MR) is 102 cm³/mol. The van der Waals surface area contributed by atoms with Crippen molar-refractivity contribution in [2.45, 2.75) is 25.9 Å². The molecular formula is C21H26N2O2. The topological polar surface area (TPSA) is 41.6 Å². The van der Waals surface area contributed by atoms with Crippen molar-refractivity contribution < 1.29 is 9.53 Å². The van der Waals surface area contributed by atoms with Gasteiger partial charge in [0.15, 0.2) is 0 Å². The Morgan fingerprint density at radius 2 is 1.92 bits per heavy atom. The zero-order chi connectivity index (χ0) is 18.1. The van der Waals surface area contributed by atoms with Gasteiger partial charge in [0.25, 0.3) is 0 Å². The fourth-order valence-corrected chi connectivity index (χ4v) is 2.68. The maximum absolute atomic E-state index is 12.6. The number of nitrogens with one attached hydrogen (secondary N) is 1. The molecule has 4 nitrogen and oxygen atoms in total. The van der Waals surface area contributed by atoms with E-state index in [0.717, 1.165) is 23.3 Å². The van der Waals surface area contributed by atoms with Gasteiger partial charge in [-0.2, -0.15) is 0 Å². The summed E-state index contributed by atoms with van der Waals surface area (Å²) in [6.45, 7) is 6.83. The standard InChI is InChI=1S/C21H26N2O2/c1-4-13-23(16-18-9-6-5-7-10-18)21(24)22-17(2)14-19-11-8-12-20(15-19)25-3/h4-12,15,17H,1,13-14,16H2,2-3H3,(H,22,24). The molecule has 0 radical (unpaired) electrons. The van der Waals surface area contributed by atoms with Gasteiger partial charge in [-0.1, -0.05) is 48.5 Å². The van der Waals surface area contributed by atoms with E-state index < -0.39 is 0 Å². The van der Waals surface area contributed by atoms with Crippen LogP contribution in [0.3, 0.4) is 0 Å². The van der Waals surface area contributed by atoms with Crippen molar-refractivity contribution in [1.82, 2.24) is 10.2 Å². The quantitative estimate of drug-likeness (QED) is 0.739. The van der Waals surface area contributed by atoms with Gasteiger partial charge in [-0.05, 0) is 36.6 Å². The normalized spacial score (nSPS) is 11.4. The maximum atomic E-state index is 12.6. The first-order valence-electron chi connectivity index (χ1n) is 8.45. The summed E-state index contributed by atoms with van der Waals surface area (Å²) in [6.07, 6.45) is 2.49. The molecule has 1 unspecified atom stereocenters. The van der Waals surface area contributed by atoms with Crippen molar-refractivity contribution in [3.63, 3.8) is 0 Å². The second-order valence-electron chi connectivity index (χ2n) is 6.06. The molecule has 1 N–H and O–H groups in total. The highest BCUT2D eigenvalue weighted by Crippen LogP contribution is 2.14. The number of methoxy groups -OCH3 is 1. The van der Waals surface area contributed by atoms with Crippen LogP contribution in [0.2, 0.25) is 0 Å². The van der Waals surface area contributed by atoms with Crippen LogP contribution in [0, 0.1) is 0 Å². The summed E-state index contributed by atoms with van der Waals surface area (Å²) in [7, 11) is 1.65. The Bertz CT molecular complexity index is 685. The Balaban J connectivity index is 1.95. The largest absolute Gasteiger partial charge is 0.497 e. The van der Waals surface area contributed by atoms with E-state index in [1.807, 2.05) is 61.5 Å². The molecule has 0 aliphatic heterocycles. The highest BCUT2D eigenvalue weighted by atomic mass is 16.5. The number of ether oxygens (including phenoxy) is 1. The third kappa shape index (κ3) is 5.99. The number of urea groups is 1. The molecule has 0 bridgehead atoms. The lowest BCUT2D eigenvalue weighted by Crippen LogP contribution is -2.44. The van der Waals surface area contributed by atoms with Crippen LogP contribution in [0.4, 0.5) is 4.79 Å². The Hall–Kier alpha value is -2.75. The first-order chi connectivity index (χ1) is 12.1. The zero-order valence-corrected chi connectivity index (χ0v) is 14.9. The zero-order valence-electron chi connectivity index (χ0n) is 14.9. The van der Waals surface area contributed by atoms with E-state index in [1.54, 1.807) is 18.1 Å². The third-order valence-corrected chi connectivity index (χ3v) is 3.90. The first kappa shape index (κ1) is 18.6. The van der Waals surface area contributed by atoms with Crippen LogP contribution in [0.5, 0.6) is 5.75 Å². The Kier molecular flexibility index (Phi) is 7.08. The number of hydrogen-bond acceptors (Lipinski definition) is 2. The van der Waals surface area contributed by atoms with Crippen LogP contribution in [-0.2, 0) is 13.0 Å². The molecule has 25 heavy (non-hydrogen) atoms. The number of benzene rings is 2. The van der Waals surface area contributed by atoms with Gasteiger partial charge in [-0.25, -0.2) is 4.79 Å². The minimum absolute atomic E-state index is 0.0164. The molecular weight excluding hydrogens is 312 g/mol. The van der Waals surface area contributed by atoms with Gasteiger partial charge in [0.1, 0.15) is 5.75 Å². The number of carbonyl (C=O) groups is 1. The summed E-state index contributed by atoms with van der Waals surface area (Å²) in [5.74, 6) is 0.827. The van der Waals surface area contributed by atoms with Crippen LogP contribution >= 0.6 is 0 Å². The Labute approximate surface area is 150 Å². The maximum Gasteiger partial charge on any atom is 0.318 e. The third-order valence-electron chi connectivity index (χ3n) is 3.90. The highest BCUT2D eigenvalue weighted by Gasteiger charge is 2.15. The summed E-state index contributed by atoms with van der Waals surface area (Å²) in [6, 6.07) is 17.8. The molecule has 0 aliphatic rings. The van der Waals surface area contributed by atoms with Gasteiger partial charge in [0.2, 0.25) is 0 Å². The average molecular weight is 338 g/mol. The average Bonchev–Trinajstić information content (AvgIpc) is 2.62. The van der Waals surface area contributed by atoms with Crippen molar-refractivity contribution in [3.8, 4) is 5.75 Å². The van der Waals surface area contributed by atoms with E-state index in [2.05, 4.69) is 11.9 Å². The van der Waals surface area contributed by atoms with E-state index in [0.29, 0.717) is 13.1 Å². The summed E-state index contributed by atoms with van der Waals surface area (Å²) >= 11 is 0. The molecule has 0 heterocycles. The second-order valence-corrected chi connectivity index (χ2v) is 6.06. The molecule has 132 valence electrons. The molecule has 4 heteroatoms. The summed E-state index contributed by atoms with van der Waals surface area (Å²) in [5.41, 5.74) is 2.23.